The first-order chi connectivity index (χ1) is 9.54. The highest BCUT2D eigenvalue weighted by Gasteiger charge is 2.08. The minimum Gasteiger partial charge on any atom is -0.338 e. The summed E-state index contributed by atoms with van der Waals surface area (Å²) in [5.74, 6) is 0.901. The molecule has 0 saturated carbocycles. The molecule has 0 saturated heterocycles. The van der Waals surface area contributed by atoms with Gasteiger partial charge in [-0.05, 0) is 56.2 Å². The second-order valence-electron chi connectivity index (χ2n) is 5.17. The molecule has 3 nitrogen and oxygen atoms in total. The van der Waals surface area contributed by atoms with E-state index in [1.54, 1.807) is 6.92 Å². The van der Waals surface area contributed by atoms with Crippen molar-refractivity contribution in [3.8, 4) is 11.4 Å². The van der Waals surface area contributed by atoms with E-state index in [9.17, 15) is 4.79 Å². The molecule has 1 N–H and O–H groups in total. The molecule has 0 atom stereocenters. The molecule has 0 aliphatic carbocycles. The van der Waals surface area contributed by atoms with Crippen LogP contribution in [0.15, 0.2) is 36.4 Å². The topological polar surface area (TPSA) is 45.8 Å². The molecule has 2 aromatic carbocycles. The Hall–Kier alpha value is -2.42. The van der Waals surface area contributed by atoms with Crippen LogP contribution in [0.3, 0.4) is 0 Å². The summed E-state index contributed by atoms with van der Waals surface area (Å²) >= 11 is 0. The molecular weight excluding hydrogens is 248 g/mol. The van der Waals surface area contributed by atoms with Crippen molar-refractivity contribution in [2.24, 2.45) is 0 Å². The lowest BCUT2D eigenvalue weighted by Gasteiger charge is -2.02. The fraction of sp³-hybridized carbons (Fsp3) is 0.176. The van der Waals surface area contributed by atoms with Gasteiger partial charge in [0.1, 0.15) is 5.82 Å². The maximum Gasteiger partial charge on any atom is 0.159 e. The number of hydrogen-bond acceptors (Lipinski definition) is 2. The number of fused-ring (bicyclic) bond motifs is 1. The van der Waals surface area contributed by atoms with Gasteiger partial charge in [-0.25, -0.2) is 4.98 Å². The summed E-state index contributed by atoms with van der Waals surface area (Å²) in [6, 6.07) is 11.8. The first-order valence-electron chi connectivity index (χ1n) is 6.63. The van der Waals surface area contributed by atoms with Gasteiger partial charge in [-0.3, -0.25) is 4.79 Å². The normalized spacial score (nSPS) is 10.9. The number of imidazole rings is 1. The highest BCUT2D eigenvalue weighted by Crippen LogP contribution is 2.23. The number of benzene rings is 2. The minimum atomic E-state index is 0.0641. The largest absolute Gasteiger partial charge is 0.338 e. The quantitative estimate of drug-likeness (QED) is 0.710. The van der Waals surface area contributed by atoms with E-state index >= 15 is 0 Å². The maximum atomic E-state index is 11.4. The number of nitrogens with one attached hydrogen (secondary N) is 1. The molecule has 0 fully saturated rings. The van der Waals surface area contributed by atoms with E-state index in [2.05, 4.69) is 42.0 Å². The highest BCUT2D eigenvalue weighted by molar-refractivity contribution is 5.97. The average molecular weight is 264 g/mol. The third-order valence-corrected chi connectivity index (χ3v) is 3.67. The SMILES string of the molecule is CC(=O)c1ccc2nc(-c3ccc(C)c(C)c3)[nH]c2c1. The number of aromatic nitrogens is 2. The molecule has 0 aliphatic heterocycles. The van der Waals surface area contributed by atoms with Crippen LogP contribution in [0.1, 0.15) is 28.4 Å². The molecule has 1 heterocycles. The van der Waals surface area contributed by atoms with Crippen LogP contribution in [0.4, 0.5) is 0 Å². The molecule has 0 amide bonds. The second kappa shape index (κ2) is 4.60. The number of nitrogens with zero attached hydrogens (tertiary/aromatic N) is 1. The summed E-state index contributed by atoms with van der Waals surface area (Å²) in [5.41, 5.74) is 6.05. The zero-order valence-electron chi connectivity index (χ0n) is 11.8. The zero-order valence-corrected chi connectivity index (χ0v) is 11.8. The Balaban J connectivity index is 2.12. The van der Waals surface area contributed by atoms with Crippen molar-refractivity contribution >= 4 is 16.8 Å². The van der Waals surface area contributed by atoms with Gasteiger partial charge in [0, 0.05) is 11.1 Å². The van der Waals surface area contributed by atoms with Gasteiger partial charge in [-0.1, -0.05) is 12.1 Å². The number of ketones is 1. The van der Waals surface area contributed by atoms with E-state index in [1.165, 1.54) is 11.1 Å². The molecule has 0 spiro atoms. The van der Waals surface area contributed by atoms with Crippen molar-refractivity contribution in [2.75, 3.05) is 0 Å². The molecule has 3 heteroatoms. The summed E-state index contributed by atoms with van der Waals surface area (Å²) in [6.45, 7) is 5.76. The lowest BCUT2D eigenvalue weighted by Crippen LogP contribution is -1.90. The summed E-state index contributed by atoms with van der Waals surface area (Å²) in [4.78, 5) is 19.3. The monoisotopic (exact) mass is 264 g/mol. The Labute approximate surface area is 117 Å². The third-order valence-electron chi connectivity index (χ3n) is 3.67. The van der Waals surface area contributed by atoms with Crippen LogP contribution in [-0.2, 0) is 0 Å². The van der Waals surface area contributed by atoms with Crippen molar-refractivity contribution < 1.29 is 4.79 Å². The van der Waals surface area contributed by atoms with E-state index in [0.29, 0.717) is 5.56 Å². The minimum absolute atomic E-state index is 0.0641. The molecule has 0 unspecified atom stereocenters. The third kappa shape index (κ3) is 2.11. The fourth-order valence-corrected chi connectivity index (χ4v) is 2.25. The van der Waals surface area contributed by atoms with Crippen LogP contribution in [0.2, 0.25) is 0 Å². The number of carbonyl (C=O) groups excluding carboxylic acids is 1. The first kappa shape index (κ1) is 12.6. The Morgan fingerprint density at radius 2 is 1.85 bits per heavy atom. The van der Waals surface area contributed by atoms with Gasteiger partial charge in [0.05, 0.1) is 11.0 Å². The molecule has 100 valence electrons. The molecule has 0 bridgehead atoms. The Morgan fingerprint density at radius 3 is 2.55 bits per heavy atom. The van der Waals surface area contributed by atoms with Gasteiger partial charge < -0.3 is 4.98 Å². The highest BCUT2D eigenvalue weighted by atomic mass is 16.1. The van der Waals surface area contributed by atoms with Crippen molar-refractivity contribution in [1.82, 2.24) is 9.97 Å². The fourth-order valence-electron chi connectivity index (χ4n) is 2.25. The lowest BCUT2D eigenvalue weighted by molar-refractivity contribution is 0.101. The Morgan fingerprint density at radius 1 is 1.05 bits per heavy atom. The van der Waals surface area contributed by atoms with Gasteiger partial charge in [-0.15, -0.1) is 0 Å². The molecule has 20 heavy (non-hydrogen) atoms. The van der Waals surface area contributed by atoms with E-state index in [-0.39, 0.29) is 5.78 Å². The molecule has 0 radical (unpaired) electrons. The number of carbonyl (C=O) groups is 1. The lowest BCUT2D eigenvalue weighted by atomic mass is 10.1. The zero-order chi connectivity index (χ0) is 14.3. The van der Waals surface area contributed by atoms with Crippen molar-refractivity contribution in [1.29, 1.82) is 0 Å². The standard InChI is InChI=1S/C17H16N2O/c1-10-4-5-14(8-11(10)2)17-18-15-7-6-13(12(3)20)9-16(15)19-17/h4-9H,1-3H3,(H,18,19). The molecular formula is C17H16N2O. The van der Waals surface area contributed by atoms with Gasteiger partial charge in [0.2, 0.25) is 0 Å². The van der Waals surface area contributed by atoms with Crippen molar-refractivity contribution in [2.45, 2.75) is 20.8 Å². The van der Waals surface area contributed by atoms with Crippen LogP contribution < -0.4 is 0 Å². The smallest absolute Gasteiger partial charge is 0.159 e. The average Bonchev–Trinajstić information content (AvgIpc) is 2.84. The van der Waals surface area contributed by atoms with Crippen LogP contribution in [0.5, 0.6) is 0 Å². The summed E-state index contributed by atoms with van der Waals surface area (Å²) in [5, 5.41) is 0. The predicted octanol–water partition coefficient (Wildman–Crippen LogP) is 4.05. The number of aryl methyl sites for hydroxylation is 2. The molecule has 3 aromatic rings. The predicted molar refractivity (Wildman–Crippen MR) is 81.0 cm³/mol. The van der Waals surface area contributed by atoms with Gasteiger partial charge in [0.15, 0.2) is 5.78 Å². The number of H-pyrrole nitrogens is 1. The number of rotatable bonds is 2. The Bertz CT molecular complexity index is 815. The summed E-state index contributed by atoms with van der Waals surface area (Å²) < 4.78 is 0. The van der Waals surface area contributed by atoms with Crippen LogP contribution in [0, 0.1) is 13.8 Å². The van der Waals surface area contributed by atoms with E-state index < -0.39 is 0 Å². The molecule has 3 rings (SSSR count). The molecule has 0 aliphatic rings. The van der Waals surface area contributed by atoms with Gasteiger partial charge in [-0.2, -0.15) is 0 Å². The number of aromatic amines is 1. The second-order valence-corrected chi connectivity index (χ2v) is 5.17. The summed E-state index contributed by atoms with van der Waals surface area (Å²) in [6.07, 6.45) is 0. The number of hydrogen-bond donors (Lipinski definition) is 1. The number of Topliss-reactive ketones (excluding diaryl/α,β-unsaturated/α-hetero) is 1. The maximum absolute atomic E-state index is 11.4. The molecule has 1 aromatic heterocycles. The van der Waals surface area contributed by atoms with E-state index in [0.717, 1.165) is 22.4 Å². The van der Waals surface area contributed by atoms with E-state index in [1.807, 2.05) is 18.2 Å². The van der Waals surface area contributed by atoms with Crippen LogP contribution in [-0.4, -0.2) is 15.8 Å². The van der Waals surface area contributed by atoms with Crippen LogP contribution >= 0.6 is 0 Å². The van der Waals surface area contributed by atoms with Gasteiger partial charge >= 0.3 is 0 Å². The van der Waals surface area contributed by atoms with E-state index in [4.69, 9.17) is 0 Å². The Kier molecular flexibility index (Phi) is 2.90. The van der Waals surface area contributed by atoms with Crippen molar-refractivity contribution in [3.05, 3.63) is 53.1 Å². The van der Waals surface area contributed by atoms with Crippen molar-refractivity contribution in [3.63, 3.8) is 0 Å². The van der Waals surface area contributed by atoms with Crippen LogP contribution in [0.25, 0.3) is 22.4 Å². The summed E-state index contributed by atoms with van der Waals surface area (Å²) in [7, 11) is 0. The van der Waals surface area contributed by atoms with Gasteiger partial charge in [0.25, 0.3) is 0 Å². The first-order valence-corrected chi connectivity index (χ1v) is 6.63.